The zero-order valence-corrected chi connectivity index (χ0v) is 27.3. The molecule has 0 aliphatic heterocycles. The van der Waals surface area contributed by atoms with Crippen molar-refractivity contribution in [2.75, 3.05) is 24.3 Å². The van der Waals surface area contributed by atoms with E-state index in [-0.39, 0.29) is 60.2 Å². The van der Waals surface area contributed by atoms with E-state index in [2.05, 4.69) is 20.7 Å². The average Bonchev–Trinajstić information content (AvgIpc) is 3.60. The highest BCUT2D eigenvalue weighted by Crippen LogP contribution is 2.40. The molecule has 2 aromatic carbocycles. The number of hydrogen-bond donors (Lipinski definition) is 5. The minimum atomic E-state index is -0.966. The Morgan fingerprint density at radius 2 is 1.76 bits per heavy atom. The lowest BCUT2D eigenvalue weighted by molar-refractivity contribution is -0.384. The molecule has 7 N–H and O–H groups in total. The fraction of sp³-hybridized carbons (Fsp3) is 0.312. The number of aliphatic carboxylic acids is 1. The number of ether oxygens (including phenoxy) is 2. The Balaban J connectivity index is 1.43. The number of hydrogen-bond acceptors (Lipinski definition) is 11. The molecule has 0 radical (unpaired) electrons. The maximum atomic E-state index is 13.4. The molecular formula is C32H35N9O9. The van der Waals surface area contributed by atoms with Crippen LogP contribution in [0.4, 0.5) is 17.3 Å². The van der Waals surface area contributed by atoms with Gasteiger partial charge in [0.2, 0.25) is 17.8 Å². The van der Waals surface area contributed by atoms with E-state index < -0.39 is 46.3 Å². The van der Waals surface area contributed by atoms with Crippen molar-refractivity contribution in [2.24, 2.45) is 17.4 Å². The predicted molar refractivity (Wildman–Crippen MR) is 179 cm³/mol. The number of anilines is 2. The minimum Gasteiger partial charge on any atom is -0.494 e. The van der Waals surface area contributed by atoms with E-state index in [0.717, 1.165) is 6.07 Å². The molecule has 0 atom stereocenters. The number of nitrogens with two attached hydrogens (primary N) is 2. The Kier molecular flexibility index (Phi) is 10.0. The fourth-order valence-electron chi connectivity index (χ4n) is 5.56. The van der Waals surface area contributed by atoms with Gasteiger partial charge in [0, 0.05) is 36.8 Å². The molecule has 1 aliphatic rings. The largest absolute Gasteiger partial charge is 0.494 e. The van der Waals surface area contributed by atoms with E-state index in [9.17, 15) is 34.4 Å². The molecule has 4 aromatic rings. The molecule has 18 heteroatoms. The average molecular weight is 690 g/mol. The van der Waals surface area contributed by atoms with Crippen molar-refractivity contribution in [3.63, 3.8) is 0 Å². The Morgan fingerprint density at radius 1 is 1.08 bits per heavy atom. The molecule has 0 saturated heterocycles. The van der Waals surface area contributed by atoms with Crippen molar-refractivity contribution in [1.29, 1.82) is 0 Å². The van der Waals surface area contributed by atoms with E-state index >= 15 is 0 Å². The number of primary amides is 2. The lowest BCUT2D eigenvalue weighted by Crippen LogP contribution is -2.38. The molecule has 262 valence electrons. The predicted octanol–water partition coefficient (Wildman–Crippen LogP) is 2.84. The highest BCUT2D eigenvalue weighted by Gasteiger charge is 2.37. The number of rotatable bonds is 15. The number of nitro benzene ring substituents is 1. The number of imidazole rings is 1. The molecule has 0 spiro atoms. The lowest BCUT2D eigenvalue weighted by atomic mass is 9.82. The number of nitrogens with one attached hydrogen (secondary N) is 2. The van der Waals surface area contributed by atoms with Gasteiger partial charge in [-0.2, -0.15) is 5.10 Å². The molecule has 50 heavy (non-hydrogen) atoms. The SMILES string of the molecule is CCn1nc(C)cc1C(=O)Nc1nc2cc(C(N)=O)cc(OC)c2n1CC=CCNc1c(OC2CC(C(=O)O)C2)cc(C(N)=O)cc1[N+](=O)[O-]. The summed E-state index contributed by atoms with van der Waals surface area (Å²) in [4.78, 5) is 64.4. The number of amides is 3. The van der Waals surface area contributed by atoms with Crippen molar-refractivity contribution >= 4 is 52.0 Å². The van der Waals surface area contributed by atoms with Gasteiger partial charge in [0.15, 0.2) is 11.4 Å². The van der Waals surface area contributed by atoms with Crippen LogP contribution in [0.2, 0.25) is 0 Å². The summed E-state index contributed by atoms with van der Waals surface area (Å²) >= 11 is 0. The number of carboxylic acid groups (broad SMARTS) is 1. The van der Waals surface area contributed by atoms with Gasteiger partial charge in [-0.1, -0.05) is 12.2 Å². The molecule has 1 fully saturated rings. The van der Waals surface area contributed by atoms with Gasteiger partial charge in [0.1, 0.15) is 23.1 Å². The number of aromatic nitrogens is 4. The van der Waals surface area contributed by atoms with Crippen LogP contribution in [0.15, 0.2) is 42.5 Å². The van der Waals surface area contributed by atoms with Crippen molar-refractivity contribution in [1.82, 2.24) is 19.3 Å². The number of methoxy groups -OCH3 is 1. The van der Waals surface area contributed by atoms with Gasteiger partial charge in [-0.15, -0.1) is 0 Å². The maximum absolute atomic E-state index is 13.4. The highest BCUT2D eigenvalue weighted by molar-refractivity contribution is 6.04. The Bertz CT molecular complexity index is 2040. The summed E-state index contributed by atoms with van der Waals surface area (Å²) in [7, 11) is 1.42. The van der Waals surface area contributed by atoms with Crippen LogP contribution < -0.4 is 31.6 Å². The zero-order chi connectivity index (χ0) is 36.3. The second kappa shape index (κ2) is 14.3. The van der Waals surface area contributed by atoms with Crippen LogP contribution in [0.5, 0.6) is 11.5 Å². The van der Waals surface area contributed by atoms with Gasteiger partial charge < -0.3 is 35.9 Å². The van der Waals surface area contributed by atoms with Crippen LogP contribution in [0, 0.1) is 23.0 Å². The number of aryl methyl sites for hydroxylation is 2. The first-order chi connectivity index (χ1) is 23.8. The lowest BCUT2D eigenvalue weighted by Gasteiger charge is -2.33. The normalized spacial score (nSPS) is 15.4. The molecule has 1 aliphatic carbocycles. The number of nitrogens with zero attached hydrogens (tertiary/aromatic N) is 5. The van der Waals surface area contributed by atoms with E-state index in [1.807, 2.05) is 6.92 Å². The molecule has 0 unspecified atom stereocenters. The summed E-state index contributed by atoms with van der Waals surface area (Å²) in [5.74, 6) is -3.23. The monoisotopic (exact) mass is 689 g/mol. The molecule has 0 bridgehead atoms. The number of carboxylic acids is 1. The maximum Gasteiger partial charge on any atom is 0.306 e. The summed E-state index contributed by atoms with van der Waals surface area (Å²) in [5, 5.41) is 31.3. The topological polar surface area (TPSA) is 262 Å². The number of carbonyl (C=O) groups is 4. The molecule has 1 saturated carbocycles. The van der Waals surface area contributed by atoms with Crippen molar-refractivity contribution < 1.29 is 38.7 Å². The Morgan fingerprint density at radius 3 is 2.38 bits per heavy atom. The van der Waals surface area contributed by atoms with Crippen LogP contribution in [0.25, 0.3) is 11.0 Å². The third kappa shape index (κ3) is 7.18. The highest BCUT2D eigenvalue weighted by atomic mass is 16.6. The molecular weight excluding hydrogens is 654 g/mol. The second-order valence-electron chi connectivity index (χ2n) is 11.5. The first-order valence-electron chi connectivity index (χ1n) is 15.5. The molecule has 2 aromatic heterocycles. The van der Waals surface area contributed by atoms with Gasteiger partial charge in [0.05, 0.1) is 29.2 Å². The van der Waals surface area contributed by atoms with Gasteiger partial charge in [-0.25, -0.2) is 4.98 Å². The van der Waals surface area contributed by atoms with Crippen LogP contribution >= 0.6 is 0 Å². The van der Waals surface area contributed by atoms with Crippen LogP contribution in [-0.2, 0) is 17.9 Å². The number of fused-ring (bicyclic) bond motifs is 1. The van der Waals surface area contributed by atoms with E-state index in [4.69, 9.17) is 20.9 Å². The van der Waals surface area contributed by atoms with Crippen molar-refractivity contribution in [3.05, 3.63) is 75.1 Å². The van der Waals surface area contributed by atoms with Crippen LogP contribution in [-0.4, -0.2) is 72.8 Å². The number of benzene rings is 2. The van der Waals surface area contributed by atoms with Gasteiger partial charge in [-0.05, 0) is 51.0 Å². The van der Waals surface area contributed by atoms with E-state index in [1.54, 1.807) is 34.4 Å². The van der Waals surface area contributed by atoms with E-state index in [1.165, 1.54) is 25.3 Å². The number of allylic oxidation sites excluding steroid dienone is 1. The molecule has 5 rings (SSSR count). The molecule has 3 amide bonds. The van der Waals surface area contributed by atoms with Gasteiger partial charge in [-0.3, -0.25) is 39.3 Å². The van der Waals surface area contributed by atoms with Crippen LogP contribution in [0.3, 0.4) is 0 Å². The molecule has 2 heterocycles. The molecule has 18 nitrogen and oxygen atoms in total. The van der Waals surface area contributed by atoms with Gasteiger partial charge >= 0.3 is 5.97 Å². The first-order valence-corrected chi connectivity index (χ1v) is 15.5. The number of carbonyl (C=O) groups excluding carboxylic acids is 3. The van der Waals surface area contributed by atoms with Gasteiger partial charge in [0.25, 0.3) is 11.6 Å². The van der Waals surface area contributed by atoms with Crippen molar-refractivity contribution in [2.45, 2.75) is 45.9 Å². The standard InChI is InChI=1S/C32H35N9O9/c1-4-40-23(9-16(2)38-40)30(44)37-32-36-21-12-17(28(33)42)15-25(49-3)27(21)39(32)8-6-5-7-35-26-22(41(47)48)13-18(29(34)43)14-24(26)50-20-10-19(11-20)31(45)46/h5-6,9,12-15,19-20,35H,4,7-8,10-11H2,1-3H3,(H2,33,42)(H2,34,43)(H,45,46)(H,36,37,44). The summed E-state index contributed by atoms with van der Waals surface area (Å²) < 4.78 is 14.7. The van der Waals surface area contributed by atoms with E-state index in [0.29, 0.717) is 29.0 Å². The Labute approximate surface area is 284 Å². The summed E-state index contributed by atoms with van der Waals surface area (Å²) in [6.45, 7) is 4.24. The number of nitro groups is 1. The third-order valence-electron chi connectivity index (χ3n) is 8.12. The van der Waals surface area contributed by atoms with Crippen molar-refractivity contribution in [3.8, 4) is 11.5 Å². The second-order valence-corrected chi connectivity index (χ2v) is 11.5. The van der Waals surface area contributed by atoms with Crippen LogP contribution in [0.1, 0.15) is 56.7 Å². The fourth-order valence-corrected chi connectivity index (χ4v) is 5.56. The minimum absolute atomic E-state index is 0.0163. The first kappa shape index (κ1) is 34.9. The quantitative estimate of drug-likeness (QED) is 0.0685. The smallest absolute Gasteiger partial charge is 0.306 e. The summed E-state index contributed by atoms with van der Waals surface area (Å²) in [6.07, 6.45) is 3.25. The third-order valence-corrected chi connectivity index (χ3v) is 8.12. The summed E-state index contributed by atoms with van der Waals surface area (Å²) in [6, 6.07) is 6.90. The Hall–Kier alpha value is -6.46. The zero-order valence-electron chi connectivity index (χ0n) is 27.3. The summed E-state index contributed by atoms with van der Waals surface area (Å²) in [5.41, 5.74) is 12.2.